The first-order valence-electron chi connectivity index (χ1n) is 7.56. The Balaban J connectivity index is 1.45. The highest BCUT2D eigenvalue weighted by atomic mass is 16.5. The second kappa shape index (κ2) is 7.96. The van der Waals surface area contributed by atoms with Crippen molar-refractivity contribution in [3.05, 3.63) is 90.3 Å². The van der Waals surface area contributed by atoms with Crippen molar-refractivity contribution in [3.8, 4) is 5.75 Å². The van der Waals surface area contributed by atoms with Crippen molar-refractivity contribution >= 4 is 5.69 Å². The Kier molecular flexibility index (Phi) is 5.21. The molecule has 2 aromatic carbocycles. The normalized spacial score (nSPS) is 10.3. The Labute approximate surface area is 136 Å². The number of aromatic nitrogens is 1. The number of nitrogens with one attached hydrogen (secondary N) is 2. The number of anilines is 1. The number of nitrogens with zero attached hydrogens (tertiary/aromatic N) is 1. The molecule has 4 nitrogen and oxygen atoms in total. The zero-order valence-electron chi connectivity index (χ0n) is 12.8. The predicted octanol–water partition coefficient (Wildman–Crippen LogP) is 3.78. The molecule has 0 saturated carbocycles. The van der Waals surface area contributed by atoms with E-state index in [-0.39, 0.29) is 0 Å². The van der Waals surface area contributed by atoms with Crippen LogP contribution >= 0.6 is 0 Å². The highest BCUT2D eigenvalue weighted by Gasteiger charge is 1.98. The molecule has 0 saturated heterocycles. The molecule has 0 spiro atoms. The van der Waals surface area contributed by atoms with Gasteiger partial charge in [-0.1, -0.05) is 36.4 Å². The van der Waals surface area contributed by atoms with E-state index in [4.69, 9.17) is 4.74 Å². The lowest BCUT2D eigenvalue weighted by molar-refractivity contribution is 0.301. The third kappa shape index (κ3) is 4.83. The van der Waals surface area contributed by atoms with E-state index in [0.717, 1.165) is 23.7 Å². The van der Waals surface area contributed by atoms with Crippen LogP contribution in [0.5, 0.6) is 5.75 Å². The van der Waals surface area contributed by atoms with Gasteiger partial charge in [0.2, 0.25) is 0 Å². The summed E-state index contributed by atoms with van der Waals surface area (Å²) in [6, 6.07) is 23.9. The van der Waals surface area contributed by atoms with Gasteiger partial charge >= 0.3 is 0 Å². The van der Waals surface area contributed by atoms with Crippen molar-refractivity contribution in [2.24, 2.45) is 0 Å². The van der Waals surface area contributed by atoms with Crippen LogP contribution in [0.25, 0.3) is 0 Å². The van der Waals surface area contributed by atoms with Gasteiger partial charge in [-0.25, -0.2) is 5.43 Å². The van der Waals surface area contributed by atoms with E-state index < -0.39 is 0 Å². The molecule has 0 aliphatic heterocycles. The van der Waals surface area contributed by atoms with Crippen molar-refractivity contribution in [3.63, 3.8) is 0 Å². The fraction of sp³-hybridized carbons (Fsp3) is 0.105. The SMILES string of the molecule is c1ccc(NNCc2ccc(OCc3ccccn3)cc2)cc1. The van der Waals surface area contributed by atoms with Crippen LogP contribution in [0, 0.1) is 0 Å². The first kappa shape index (κ1) is 15.1. The fourth-order valence-electron chi connectivity index (χ4n) is 2.11. The largest absolute Gasteiger partial charge is 0.487 e. The highest BCUT2D eigenvalue weighted by molar-refractivity contribution is 5.41. The molecule has 2 N–H and O–H groups in total. The second-order valence-electron chi connectivity index (χ2n) is 5.10. The maximum absolute atomic E-state index is 5.72. The van der Waals surface area contributed by atoms with Gasteiger partial charge in [0.25, 0.3) is 0 Å². The Morgan fingerprint density at radius 1 is 0.826 bits per heavy atom. The maximum atomic E-state index is 5.72. The number of benzene rings is 2. The topological polar surface area (TPSA) is 46.2 Å². The molecule has 0 fully saturated rings. The minimum atomic E-state index is 0.480. The third-order valence-corrected chi connectivity index (χ3v) is 3.34. The minimum Gasteiger partial charge on any atom is -0.487 e. The Bertz CT molecular complexity index is 700. The fourth-order valence-corrected chi connectivity index (χ4v) is 2.11. The van der Waals surface area contributed by atoms with Crippen LogP contribution < -0.4 is 15.6 Å². The lowest BCUT2D eigenvalue weighted by Gasteiger charge is -2.09. The Morgan fingerprint density at radius 2 is 1.61 bits per heavy atom. The van der Waals surface area contributed by atoms with Crippen molar-refractivity contribution in [2.75, 3.05) is 5.43 Å². The molecule has 0 amide bonds. The number of para-hydroxylation sites is 1. The highest BCUT2D eigenvalue weighted by Crippen LogP contribution is 2.13. The van der Waals surface area contributed by atoms with Crippen molar-refractivity contribution in [1.82, 2.24) is 10.4 Å². The average Bonchev–Trinajstić information content (AvgIpc) is 2.63. The van der Waals surface area contributed by atoms with E-state index in [9.17, 15) is 0 Å². The monoisotopic (exact) mass is 305 g/mol. The number of hydrogen-bond acceptors (Lipinski definition) is 4. The number of rotatable bonds is 7. The minimum absolute atomic E-state index is 0.480. The lowest BCUT2D eigenvalue weighted by atomic mass is 10.2. The van der Waals surface area contributed by atoms with Crippen LogP contribution in [0.1, 0.15) is 11.3 Å². The van der Waals surface area contributed by atoms with Gasteiger partial charge in [0.05, 0.1) is 5.69 Å². The van der Waals surface area contributed by atoms with Crippen LogP contribution in [0.15, 0.2) is 79.0 Å². The molecular weight excluding hydrogens is 286 g/mol. The quantitative estimate of drug-likeness (QED) is 0.652. The zero-order valence-corrected chi connectivity index (χ0v) is 12.8. The molecule has 3 aromatic rings. The van der Waals surface area contributed by atoms with Gasteiger partial charge < -0.3 is 10.2 Å². The van der Waals surface area contributed by atoms with Gasteiger partial charge in [0, 0.05) is 18.4 Å². The van der Waals surface area contributed by atoms with Crippen molar-refractivity contribution in [2.45, 2.75) is 13.2 Å². The third-order valence-electron chi connectivity index (χ3n) is 3.34. The number of pyridine rings is 1. The standard InChI is InChI=1S/C19H19N3O/c1-2-6-17(7-3-1)22-21-14-16-9-11-19(12-10-16)23-15-18-8-4-5-13-20-18/h1-13,21-22H,14-15H2. The maximum Gasteiger partial charge on any atom is 0.130 e. The van der Waals surface area contributed by atoms with Crippen LogP contribution in [0.2, 0.25) is 0 Å². The first-order valence-corrected chi connectivity index (χ1v) is 7.56. The number of hydrogen-bond donors (Lipinski definition) is 2. The summed E-state index contributed by atoms with van der Waals surface area (Å²) in [5.74, 6) is 0.843. The summed E-state index contributed by atoms with van der Waals surface area (Å²) in [4.78, 5) is 4.24. The molecule has 1 aromatic heterocycles. The molecule has 0 aliphatic carbocycles. The molecule has 0 aliphatic rings. The van der Waals surface area contributed by atoms with Gasteiger partial charge in [-0.3, -0.25) is 4.98 Å². The van der Waals surface area contributed by atoms with E-state index in [1.807, 2.05) is 72.8 Å². The number of ether oxygens (including phenoxy) is 1. The van der Waals surface area contributed by atoms with Gasteiger partial charge in [-0.2, -0.15) is 0 Å². The van der Waals surface area contributed by atoms with Crippen LogP contribution in [-0.4, -0.2) is 4.98 Å². The van der Waals surface area contributed by atoms with E-state index in [2.05, 4.69) is 15.8 Å². The van der Waals surface area contributed by atoms with Crippen molar-refractivity contribution in [1.29, 1.82) is 0 Å². The van der Waals surface area contributed by atoms with E-state index in [1.165, 1.54) is 5.56 Å². The van der Waals surface area contributed by atoms with Crippen LogP contribution in [-0.2, 0) is 13.2 Å². The van der Waals surface area contributed by atoms with E-state index in [1.54, 1.807) is 6.20 Å². The molecule has 0 unspecified atom stereocenters. The molecule has 3 rings (SSSR count). The Hall–Kier alpha value is -2.85. The molecule has 0 radical (unpaired) electrons. The van der Waals surface area contributed by atoms with Gasteiger partial charge in [-0.05, 0) is 42.0 Å². The summed E-state index contributed by atoms with van der Waals surface area (Å²) in [5.41, 5.74) is 9.50. The van der Waals surface area contributed by atoms with Crippen LogP contribution in [0.4, 0.5) is 5.69 Å². The number of hydrazine groups is 1. The molecule has 1 heterocycles. The lowest BCUT2D eigenvalue weighted by Crippen LogP contribution is -2.20. The Morgan fingerprint density at radius 3 is 2.35 bits per heavy atom. The van der Waals surface area contributed by atoms with Gasteiger partial charge in [0.15, 0.2) is 0 Å². The summed E-state index contributed by atoms with van der Waals surface area (Å²) in [7, 11) is 0. The van der Waals surface area contributed by atoms with Crippen LogP contribution in [0.3, 0.4) is 0 Å². The summed E-state index contributed by atoms with van der Waals surface area (Å²) in [6.07, 6.45) is 1.77. The van der Waals surface area contributed by atoms with E-state index >= 15 is 0 Å². The average molecular weight is 305 g/mol. The predicted molar refractivity (Wildman–Crippen MR) is 91.9 cm³/mol. The summed E-state index contributed by atoms with van der Waals surface area (Å²) in [6.45, 7) is 1.21. The zero-order chi connectivity index (χ0) is 15.7. The molecular formula is C19H19N3O. The van der Waals surface area contributed by atoms with E-state index in [0.29, 0.717) is 6.61 Å². The molecule has 4 heteroatoms. The summed E-state index contributed by atoms with van der Waals surface area (Å²) >= 11 is 0. The summed E-state index contributed by atoms with van der Waals surface area (Å²) in [5, 5.41) is 0. The second-order valence-corrected chi connectivity index (χ2v) is 5.10. The molecule has 23 heavy (non-hydrogen) atoms. The molecule has 0 bridgehead atoms. The smallest absolute Gasteiger partial charge is 0.130 e. The summed E-state index contributed by atoms with van der Waals surface area (Å²) < 4.78 is 5.72. The van der Waals surface area contributed by atoms with Gasteiger partial charge in [0.1, 0.15) is 12.4 Å². The van der Waals surface area contributed by atoms with Gasteiger partial charge in [-0.15, -0.1) is 0 Å². The molecule has 116 valence electrons. The first-order chi connectivity index (χ1) is 11.4. The van der Waals surface area contributed by atoms with Crippen molar-refractivity contribution < 1.29 is 4.74 Å². The molecule has 0 atom stereocenters.